The summed E-state index contributed by atoms with van der Waals surface area (Å²) in [4.78, 5) is 37.3. The van der Waals surface area contributed by atoms with E-state index < -0.39 is 5.91 Å². The number of hydrogen-bond donors (Lipinski definition) is 1. The molecule has 170 valence electrons. The van der Waals surface area contributed by atoms with E-state index in [0.717, 1.165) is 72.2 Å². The summed E-state index contributed by atoms with van der Waals surface area (Å²) in [6.45, 7) is 6.96. The minimum atomic E-state index is -0.395. The third kappa shape index (κ3) is 4.25. The fourth-order valence-electron chi connectivity index (χ4n) is 4.32. The van der Waals surface area contributed by atoms with Crippen molar-refractivity contribution in [2.24, 2.45) is 0 Å². The van der Waals surface area contributed by atoms with E-state index in [0.29, 0.717) is 16.2 Å². The number of nitrogens with zero attached hydrogens (tertiary/aromatic N) is 5. The Kier molecular flexibility index (Phi) is 6.01. The van der Waals surface area contributed by atoms with E-state index in [1.807, 2.05) is 36.4 Å². The molecular formula is C25H22N6O2S. The van der Waals surface area contributed by atoms with E-state index in [2.05, 4.69) is 38.1 Å². The molecule has 3 aromatic rings. The number of amides is 2. The lowest BCUT2D eigenvalue weighted by atomic mass is 10.0. The predicted octanol–water partition coefficient (Wildman–Crippen LogP) is 3.63. The van der Waals surface area contributed by atoms with Gasteiger partial charge >= 0.3 is 0 Å². The number of thioether (sulfide) groups is 1. The molecule has 0 saturated carbocycles. The molecule has 0 aliphatic carbocycles. The van der Waals surface area contributed by atoms with E-state index in [1.54, 1.807) is 6.08 Å². The molecule has 0 unspecified atom stereocenters. The Morgan fingerprint density at radius 1 is 1.12 bits per heavy atom. The molecule has 0 radical (unpaired) electrons. The molecule has 2 fully saturated rings. The first-order chi connectivity index (χ1) is 16.6. The van der Waals surface area contributed by atoms with Crippen LogP contribution in [0.1, 0.15) is 18.1 Å². The van der Waals surface area contributed by atoms with Crippen molar-refractivity contribution in [1.29, 1.82) is 5.26 Å². The summed E-state index contributed by atoms with van der Waals surface area (Å²) in [5, 5.41) is 12.6. The van der Waals surface area contributed by atoms with E-state index in [4.69, 9.17) is 0 Å². The third-order valence-electron chi connectivity index (χ3n) is 6.15. The number of hydrogen-bond acceptors (Lipinski definition) is 8. The predicted molar refractivity (Wildman–Crippen MR) is 133 cm³/mol. The van der Waals surface area contributed by atoms with Crippen LogP contribution in [0.2, 0.25) is 0 Å². The third-order valence-corrected chi connectivity index (χ3v) is 6.96. The van der Waals surface area contributed by atoms with E-state index in [1.165, 1.54) is 6.33 Å². The summed E-state index contributed by atoms with van der Waals surface area (Å²) in [5.41, 5.74) is 4.62. The first kappa shape index (κ1) is 22.1. The summed E-state index contributed by atoms with van der Waals surface area (Å²) in [6.07, 6.45) is 3.19. The highest BCUT2D eigenvalue weighted by Gasteiger charge is 2.25. The zero-order valence-electron chi connectivity index (χ0n) is 18.6. The van der Waals surface area contributed by atoms with E-state index in [-0.39, 0.29) is 5.24 Å². The van der Waals surface area contributed by atoms with Gasteiger partial charge in [0.1, 0.15) is 12.4 Å². The molecule has 2 saturated heterocycles. The molecule has 2 amide bonds. The van der Waals surface area contributed by atoms with Crippen LogP contribution in [0.4, 0.5) is 10.5 Å². The maximum Gasteiger partial charge on any atom is 0.290 e. The monoisotopic (exact) mass is 470 g/mol. The van der Waals surface area contributed by atoms with Crippen molar-refractivity contribution >= 4 is 45.6 Å². The Balaban J connectivity index is 1.51. The van der Waals surface area contributed by atoms with Crippen LogP contribution in [0.25, 0.3) is 28.2 Å². The number of carbonyl (C=O) groups excluding carboxylic acids is 2. The van der Waals surface area contributed by atoms with E-state index in [9.17, 15) is 14.9 Å². The summed E-state index contributed by atoms with van der Waals surface area (Å²) in [6, 6.07) is 13.8. The van der Waals surface area contributed by atoms with Gasteiger partial charge in [0.05, 0.1) is 27.4 Å². The van der Waals surface area contributed by atoms with Crippen LogP contribution in [0.15, 0.2) is 47.6 Å². The van der Waals surface area contributed by atoms with Crippen LogP contribution in [0.3, 0.4) is 0 Å². The number of rotatable bonds is 4. The van der Waals surface area contributed by atoms with Gasteiger partial charge in [0.2, 0.25) is 0 Å². The number of likely N-dealkylation sites (N-methyl/N-ethyl adjacent to an activating group) is 1. The number of nitriles is 1. The number of fused-ring (bicyclic) bond motifs is 1. The summed E-state index contributed by atoms with van der Waals surface area (Å²) >= 11 is 0.883. The number of nitrogens with one attached hydrogen (secondary N) is 1. The molecule has 2 aliphatic rings. The molecule has 5 rings (SSSR count). The number of benzene rings is 2. The Hall–Kier alpha value is -3.74. The topological polar surface area (TPSA) is 102 Å². The van der Waals surface area contributed by atoms with Crippen LogP contribution in [0.5, 0.6) is 0 Å². The van der Waals surface area contributed by atoms with Crippen molar-refractivity contribution in [3.8, 4) is 17.3 Å². The largest absolute Gasteiger partial charge is 0.368 e. The zero-order chi connectivity index (χ0) is 23.7. The Bertz CT molecular complexity index is 1370. The quantitative estimate of drug-likeness (QED) is 0.577. The number of carbonyl (C=O) groups is 2. The minimum Gasteiger partial charge on any atom is -0.368 e. The zero-order valence-corrected chi connectivity index (χ0v) is 19.4. The highest BCUT2D eigenvalue weighted by Crippen LogP contribution is 2.32. The normalized spacial score (nSPS) is 17.9. The van der Waals surface area contributed by atoms with Gasteiger partial charge in [-0.2, -0.15) is 5.26 Å². The maximum absolute atomic E-state index is 11.9. The van der Waals surface area contributed by atoms with E-state index >= 15 is 0 Å². The maximum atomic E-state index is 11.9. The summed E-state index contributed by atoms with van der Waals surface area (Å²) in [5.74, 6) is -0.395. The fraction of sp³-hybridized carbons (Fsp3) is 0.240. The van der Waals surface area contributed by atoms with Gasteiger partial charge in [-0.1, -0.05) is 19.1 Å². The van der Waals surface area contributed by atoms with Gasteiger partial charge in [-0.25, -0.2) is 9.97 Å². The lowest BCUT2D eigenvalue weighted by Crippen LogP contribution is -2.46. The Morgan fingerprint density at radius 3 is 2.65 bits per heavy atom. The number of imide groups is 1. The molecular weight excluding hydrogens is 448 g/mol. The van der Waals surface area contributed by atoms with Crippen LogP contribution >= 0.6 is 11.8 Å². The number of aromatic nitrogens is 2. The van der Waals surface area contributed by atoms with Crippen molar-refractivity contribution < 1.29 is 9.59 Å². The first-order valence-corrected chi connectivity index (χ1v) is 11.9. The second-order valence-corrected chi connectivity index (χ2v) is 9.13. The summed E-state index contributed by atoms with van der Waals surface area (Å²) in [7, 11) is 0. The van der Waals surface area contributed by atoms with Crippen molar-refractivity contribution in [2.75, 3.05) is 37.6 Å². The highest BCUT2D eigenvalue weighted by atomic mass is 32.2. The molecule has 9 heteroatoms. The second kappa shape index (κ2) is 9.25. The van der Waals surface area contributed by atoms with Gasteiger partial charge in [0.15, 0.2) is 0 Å². The van der Waals surface area contributed by atoms with Crippen LogP contribution in [0, 0.1) is 11.3 Å². The lowest BCUT2D eigenvalue weighted by Gasteiger charge is -2.36. The Morgan fingerprint density at radius 2 is 1.94 bits per heavy atom. The van der Waals surface area contributed by atoms with Crippen molar-refractivity contribution in [2.45, 2.75) is 6.92 Å². The average Bonchev–Trinajstić information content (AvgIpc) is 3.19. The molecule has 0 spiro atoms. The first-order valence-electron chi connectivity index (χ1n) is 11.1. The molecule has 8 nitrogen and oxygen atoms in total. The second-order valence-electron chi connectivity index (χ2n) is 8.12. The smallest absolute Gasteiger partial charge is 0.290 e. The van der Waals surface area contributed by atoms with Gasteiger partial charge in [0, 0.05) is 37.1 Å². The van der Waals surface area contributed by atoms with Crippen LogP contribution in [-0.2, 0) is 4.79 Å². The van der Waals surface area contributed by atoms with Gasteiger partial charge in [0.25, 0.3) is 11.1 Å². The molecule has 1 N–H and O–H groups in total. The molecule has 1 aromatic heterocycles. The standard InChI is InChI=1S/C25H22N6O2S/c1-2-30-7-9-31(10-8-30)21-6-4-17(13-18(21)14-26)23-19-11-16(3-5-20(19)27-15-28-23)12-22-24(32)29-25(33)34-22/h3-6,11-13,15H,2,7-10H2,1H3,(H,29,32,33). The summed E-state index contributed by atoms with van der Waals surface area (Å²) < 4.78 is 0. The van der Waals surface area contributed by atoms with Gasteiger partial charge < -0.3 is 9.80 Å². The van der Waals surface area contributed by atoms with Crippen molar-refractivity contribution in [3.63, 3.8) is 0 Å². The molecule has 0 atom stereocenters. The van der Waals surface area contributed by atoms with Gasteiger partial charge in [-0.05, 0) is 54.2 Å². The fourth-order valence-corrected chi connectivity index (χ4v) is 5.00. The molecule has 0 bridgehead atoms. The number of piperazine rings is 1. The molecule has 34 heavy (non-hydrogen) atoms. The molecule has 3 heterocycles. The van der Waals surface area contributed by atoms with Crippen molar-refractivity contribution in [3.05, 3.63) is 58.8 Å². The van der Waals surface area contributed by atoms with Crippen LogP contribution < -0.4 is 10.2 Å². The SMILES string of the molecule is CCN1CCN(c2ccc(-c3ncnc4ccc(C=C5SC(=O)NC5=O)cc34)cc2C#N)CC1. The Labute approximate surface area is 201 Å². The minimum absolute atomic E-state index is 0.349. The highest BCUT2D eigenvalue weighted by molar-refractivity contribution is 8.18. The molecule has 2 aromatic carbocycles. The van der Waals surface area contributed by atoms with Gasteiger partial charge in [-0.15, -0.1) is 0 Å². The lowest BCUT2D eigenvalue weighted by molar-refractivity contribution is -0.115. The average molecular weight is 471 g/mol. The number of anilines is 1. The molecule has 2 aliphatic heterocycles. The van der Waals surface area contributed by atoms with Gasteiger partial charge in [-0.3, -0.25) is 14.9 Å². The van der Waals surface area contributed by atoms with Crippen LogP contribution in [-0.4, -0.2) is 58.7 Å². The van der Waals surface area contributed by atoms with Crippen molar-refractivity contribution in [1.82, 2.24) is 20.2 Å².